The number of epoxide rings is 1. The minimum absolute atomic E-state index is 0.00935. The van der Waals surface area contributed by atoms with Gasteiger partial charge in [-0.05, 0) is 67.4 Å². The molecule has 3 saturated carbocycles. The van der Waals surface area contributed by atoms with Crippen molar-refractivity contribution < 1.29 is 38.5 Å². The van der Waals surface area contributed by atoms with Crippen LogP contribution in [0.25, 0.3) is 6.08 Å². The zero-order valence-corrected chi connectivity index (χ0v) is 32.4. The summed E-state index contributed by atoms with van der Waals surface area (Å²) in [4.78, 5) is 35.8. The number of carbonyl (C=O) groups excluding carboxylic acids is 2. The van der Waals surface area contributed by atoms with E-state index in [1.807, 2.05) is 66.7 Å². The van der Waals surface area contributed by atoms with Gasteiger partial charge in [-0.3, -0.25) is 14.4 Å². The summed E-state index contributed by atoms with van der Waals surface area (Å²) in [5.74, 6) is -1.09. The van der Waals surface area contributed by atoms with Crippen molar-refractivity contribution in [2.75, 3.05) is 13.2 Å². The second kappa shape index (κ2) is 13.3. The SMILES string of the molecule is CC1(C)CC2C(=Cc3ccccc3CN3OC4C5OC(c6ccccc6)(c6ccccc6)OC5C5CC4(C(=O)NCCO)C3C(=O)O5)CCC3OC3(C)CCC21. The lowest BCUT2D eigenvalue weighted by molar-refractivity contribution is -0.213. The number of ether oxygens (including phenoxy) is 4. The maximum atomic E-state index is 14.5. The average Bonchev–Trinajstić information content (AvgIpc) is 3.48. The van der Waals surface area contributed by atoms with Crippen LogP contribution >= 0.6 is 0 Å². The average molecular weight is 761 g/mol. The first-order valence-electron chi connectivity index (χ1n) is 20.5. The molecule has 3 aliphatic carbocycles. The highest BCUT2D eigenvalue weighted by Gasteiger charge is 2.76. The summed E-state index contributed by atoms with van der Waals surface area (Å²) < 4.78 is 26.6. The van der Waals surface area contributed by atoms with Gasteiger partial charge >= 0.3 is 5.97 Å². The van der Waals surface area contributed by atoms with Crippen molar-refractivity contribution in [3.8, 4) is 0 Å². The number of carbonyl (C=O) groups is 2. The predicted octanol–water partition coefficient (Wildman–Crippen LogP) is 6.06. The summed E-state index contributed by atoms with van der Waals surface area (Å²) >= 11 is 0. The topological polar surface area (TPSA) is 119 Å². The first-order chi connectivity index (χ1) is 27.1. The van der Waals surface area contributed by atoms with Gasteiger partial charge in [-0.2, -0.15) is 5.06 Å². The van der Waals surface area contributed by atoms with Crippen LogP contribution in [0.2, 0.25) is 0 Å². The zero-order chi connectivity index (χ0) is 38.5. The van der Waals surface area contributed by atoms with Gasteiger partial charge in [-0.1, -0.05) is 110 Å². The van der Waals surface area contributed by atoms with Gasteiger partial charge in [0.25, 0.3) is 0 Å². The predicted molar refractivity (Wildman–Crippen MR) is 206 cm³/mol. The number of esters is 1. The molecular formula is C46H52N2O8. The van der Waals surface area contributed by atoms with E-state index in [1.54, 1.807) is 5.06 Å². The minimum atomic E-state index is -1.35. The number of benzene rings is 3. The number of nitrogens with one attached hydrogen (secondary N) is 1. The van der Waals surface area contributed by atoms with Gasteiger partial charge in [0.2, 0.25) is 11.7 Å². The Hall–Kier alpha value is -3.90. The standard InChI is InChI=1S/C46H52N2O8/c1-43(2)25-33-29(18-19-36-44(3,53-36)21-20-34(33)43)24-28-12-10-11-13-30(28)27-48-39-41(50)52-35-26-45(39,42(51)47-22-23-49)40(56-48)38-37(35)54-46(55-38,31-14-6-4-7-15-31)32-16-8-5-9-17-32/h4-17,24,33-40,49H,18-23,25-27H2,1-3H3,(H,47,51). The molecule has 10 nitrogen and oxygen atoms in total. The third-order valence-electron chi connectivity index (χ3n) is 14.4. The van der Waals surface area contributed by atoms with E-state index >= 15 is 0 Å². The Kier molecular flexibility index (Phi) is 8.67. The van der Waals surface area contributed by atoms with Crippen LogP contribution < -0.4 is 5.32 Å². The maximum absolute atomic E-state index is 14.5. The lowest BCUT2D eigenvalue weighted by atomic mass is 9.52. The quantitative estimate of drug-likeness (QED) is 0.209. The smallest absolute Gasteiger partial charge is 0.327 e. The lowest BCUT2D eigenvalue weighted by Gasteiger charge is -2.53. The van der Waals surface area contributed by atoms with Gasteiger partial charge in [0.15, 0.2) is 6.04 Å². The molecular weight excluding hydrogens is 709 g/mol. The molecule has 56 heavy (non-hydrogen) atoms. The highest BCUT2D eigenvalue weighted by atomic mass is 16.8. The second-order valence-electron chi connectivity index (χ2n) is 18.0. The Morgan fingerprint density at radius 3 is 2.30 bits per heavy atom. The van der Waals surface area contributed by atoms with Crippen molar-refractivity contribution in [3.05, 3.63) is 113 Å². The Balaban J connectivity index is 1.02. The molecule has 4 heterocycles. The van der Waals surface area contributed by atoms with Gasteiger partial charge in [0, 0.05) is 24.1 Å². The van der Waals surface area contributed by atoms with E-state index in [0.29, 0.717) is 23.4 Å². The third kappa shape index (κ3) is 5.58. The summed E-state index contributed by atoms with van der Waals surface area (Å²) in [5, 5.41) is 14.3. The summed E-state index contributed by atoms with van der Waals surface area (Å²) in [7, 11) is 0. The molecule has 10 rings (SSSR count). The molecule has 0 aromatic heterocycles. The summed E-state index contributed by atoms with van der Waals surface area (Å²) in [6.45, 7) is 7.15. The molecule has 10 heteroatoms. The maximum Gasteiger partial charge on any atom is 0.327 e. The molecule has 10 atom stereocenters. The molecule has 3 aromatic rings. The van der Waals surface area contributed by atoms with Crippen LogP contribution in [-0.2, 0) is 45.7 Å². The molecule has 1 amide bonds. The second-order valence-corrected chi connectivity index (χ2v) is 18.0. The number of allylic oxidation sites excluding steroid dienone is 1. The van der Waals surface area contributed by atoms with Crippen LogP contribution in [0.15, 0.2) is 90.5 Å². The fourth-order valence-electron chi connectivity index (χ4n) is 11.4. The molecule has 3 aromatic carbocycles. The normalized spacial score (nSPS) is 38.1. The molecule has 2 bridgehead atoms. The number of aliphatic hydroxyl groups is 1. The minimum Gasteiger partial charge on any atom is -0.458 e. The number of amides is 1. The number of aliphatic hydroxyl groups excluding tert-OH is 1. The number of hydrogen-bond acceptors (Lipinski definition) is 9. The summed E-state index contributed by atoms with van der Waals surface area (Å²) in [5.41, 5.74) is 4.06. The first kappa shape index (κ1) is 36.4. The van der Waals surface area contributed by atoms with E-state index < -0.39 is 47.6 Å². The van der Waals surface area contributed by atoms with E-state index in [9.17, 15) is 14.7 Å². The number of hydrogen-bond donors (Lipinski definition) is 2. The highest BCUT2D eigenvalue weighted by Crippen LogP contribution is 2.61. The Labute approximate surface area is 328 Å². The van der Waals surface area contributed by atoms with Gasteiger partial charge < -0.3 is 29.4 Å². The fraction of sp³-hybridized carbons (Fsp3) is 0.522. The number of rotatable bonds is 8. The lowest BCUT2D eigenvalue weighted by Crippen LogP contribution is -2.69. The Morgan fingerprint density at radius 1 is 0.893 bits per heavy atom. The van der Waals surface area contributed by atoms with E-state index in [2.05, 4.69) is 50.4 Å². The molecule has 4 saturated heterocycles. The van der Waals surface area contributed by atoms with Gasteiger partial charge in [0.05, 0.1) is 24.9 Å². The van der Waals surface area contributed by atoms with Crippen LogP contribution in [0.1, 0.15) is 81.5 Å². The van der Waals surface area contributed by atoms with Crippen molar-refractivity contribution in [1.82, 2.24) is 10.4 Å². The third-order valence-corrected chi connectivity index (χ3v) is 14.4. The van der Waals surface area contributed by atoms with Crippen LogP contribution in [0.4, 0.5) is 0 Å². The van der Waals surface area contributed by atoms with E-state index in [1.165, 1.54) is 18.4 Å². The Bertz CT molecular complexity index is 2000. The number of fused-ring (bicyclic) bond motifs is 6. The van der Waals surface area contributed by atoms with Crippen molar-refractivity contribution in [2.24, 2.45) is 22.7 Å². The van der Waals surface area contributed by atoms with Crippen LogP contribution in [0.3, 0.4) is 0 Å². The van der Waals surface area contributed by atoms with Crippen LogP contribution in [-0.4, -0.2) is 77.4 Å². The molecule has 0 spiro atoms. The first-order valence-corrected chi connectivity index (χ1v) is 20.5. The Morgan fingerprint density at radius 2 is 1.59 bits per heavy atom. The van der Waals surface area contributed by atoms with Crippen molar-refractivity contribution >= 4 is 18.0 Å². The van der Waals surface area contributed by atoms with Crippen molar-refractivity contribution in [2.45, 2.75) is 114 Å². The zero-order valence-electron chi connectivity index (χ0n) is 32.4. The molecule has 294 valence electrons. The molecule has 10 unspecified atom stereocenters. The van der Waals surface area contributed by atoms with E-state index in [4.69, 9.17) is 23.8 Å². The monoisotopic (exact) mass is 760 g/mol. The fourth-order valence-corrected chi connectivity index (χ4v) is 11.4. The van der Waals surface area contributed by atoms with Gasteiger partial charge in [-0.15, -0.1) is 0 Å². The highest BCUT2D eigenvalue weighted by molar-refractivity contribution is 5.93. The molecule has 7 aliphatic rings. The van der Waals surface area contributed by atoms with E-state index in [-0.39, 0.29) is 37.6 Å². The van der Waals surface area contributed by atoms with Gasteiger partial charge in [0.1, 0.15) is 29.8 Å². The summed E-state index contributed by atoms with van der Waals surface area (Å²) in [6.07, 6.45) is 5.24. The van der Waals surface area contributed by atoms with Gasteiger partial charge in [-0.25, -0.2) is 0 Å². The summed E-state index contributed by atoms with van der Waals surface area (Å²) in [6, 6.07) is 26.7. The van der Waals surface area contributed by atoms with Crippen LogP contribution in [0, 0.1) is 22.7 Å². The van der Waals surface area contributed by atoms with Crippen LogP contribution in [0.5, 0.6) is 0 Å². The number of nitrogens with zero attached hydrogens (tertiary/aromatic N) is 1. The van der Waals surface area contributed by atoms with Crippen molar-refractivity contribution in [3.63, 3.8) is 0 Å². The number of hydroxylamine groups is 2. The van der Waals surface area contributed by atoms with E-state index in [0.717, 1.165) is 41.5 Å². The molecule has 7 fully saturated rings. The molecule has 0 radical (unpaired) electrons. The molecule has 4 aliphatic heterocycles. The van der Waals surface area contributed by atoms with Crippen molar-refractivity contribution in [1.29, 1.82) is 0 Å². The molecule has 2 N–H and O–H groups in total. The largest absolute Gasteiger partial charge is 0.458 e.